The van der Waals surface area contributed by atoms with Crippen molar-refractivity contribution in [2.75, 3.05) is 0 Å². The highest BCUT2D eigenvalue weighted by atomic mass is 79.9. The Balaban J connectivity index is 2.64. The molecule has 0 saturated carbocycles. The van der Waals surface area contributed by atoms with E-state index in [-0.39, 0.29) is 11.9 Å². The Kier molecular flexibility index (Phi) is 4.17. The highest BCUT2D eigenvalue weighted by molar-refractivity contribution is 9.10. The fourth-order valence-corrected chi connectivity index (χ4v) is 2.64. The van der Waals surface area contributed by atoms with E-state index in [1.54, 1.807) is 6.07 Å². The predicted molar refractivity (Wildman–Crippen MR) is 76.1 cm³/mol. The van der Waals surface area contributed by atoms with E-state index >= 15 is 0 Å². The quantitative estimate of drug-likeness (QED) is 0.746. The Morgan fingerprint density at radius 1 is 1.33 bits per heavy atom. The van der Waals surface area contributed by atoms with Gasteiger partial charge in [-0.25, -0.2) is 4.39 Å². The average molecular weight is 377 g/mol. The lowest BCUT2D eigenvalue weighted by molar-refractivity contribution is 0.584. The first-order chi connectivity index (χ1) is 8.56. The predicted octanol–water partition coefficient (Wildman–Crippen LogP) is 4.32. The van der Waals surface area contributed by atoms with Crippen LogP contribution in [0.3, 0.4) is 0 Å². The van der Waals surface area contributed by atoms with Gasteiger partial charge in [-0.05, 0) is 41.9 Å². The summed E-state index contributed by atoms with van der Waals surface area (Å²) in [6.07, 6.45) is 0. The number of benzene rings is 1. The second-order valence-corrected chi connectivity index (χ2v) is 5.49. The number of aromatic nitrogens is 3. The Bertz CT molecular complexity index is 566. The number of nitrogens with zero attached hydrogens (tertiary/aromatic N) is 3. The highest BCUT2D eigenvalue weighted by Gasteiger charge is 2.18. The summed E-state index contributed by atoms with van der Waals surface area (Å²) in [6.45, 7) is 4.10. The van der Waals surface area contributed by atoms with Crippen LogP contribution in [0.2, 0.25) is 0 Å². The minimum atomic E-state index is -0.300. The molecule has 6 heteroatoms. The molecule has 0 fully saturated rings. The van der Waals surface area contributed by atoms with Gasteiger partial charge < -0.3 is 4.57 Å². The molecule has 1 aromatic carbocycles. The van der Waals surface area contributed by atoms with Crippen LogP contribution < -0.4 is 0 Å². The van der Waals surface area contributed by atoms with Crippen LogP contribution in [0.25, 0.3) is 11.4 Å². The summed E-state index contributed by atoms with van der Waals surface area (Å²) < 4.78 is 16.0. The van der Waals surface area contributed by atoms with Crippen molar-refractivity contribution in [2.24, 2.45) is 0 Å². The van der Waals surface area contributed by atoms with Gasteiger partial charge in [0.05, 0.1) is 9.80 Å². The molecule has 0 saturated heterocycles. The summed E-state index contributed by atoms with van der Waals surface area (Å²) in [6, 6.07) is 5.11. The zero-order valence-corrected chi connectivity index (χ0v) is 13.2. The molecule has 0 atom stereocenters. The lowest BCUT2D eigenvalue weighted by Crippen LogP contribution is -2.07. The van der Waals surface area contributed by atoms with Crippen LogP contribution in [0.5, 0.6) is 0 Å². The van der Waals surface area contributed by atoms with Gasteiger partial charge in [-0.1, -0.05) is 22.0 Å². The summed E-state index contributed by atoms with van der Waals surface area (Å²) in [4.78, 5) is 0. The summed E-state index contributed by atoms with van der Waals surface area (Å²) in [5.41, 5.74) is 0.711. The lowest BCUT2D eigenvalue weighted by Gasteiger charge is -2.14. The molecular weight excluding hydrogens is 365 g/mol. The second kappa shape index (κ2) is 5.48. The minimum Gasteiger partial charge on any atom is -0.308 e. The molecule has 0 amide bonds. The molecular formula is C12H12Br2FN3. The first kappa shape index (κ1) is 13.7. The van der Waals surface area contributed by atoms with Gasteiger partial charge in [-0.2, -0.15) is 0 Å². The maximum atomic E-state index is 13.6. The van der Waals surface area contributed by atoms with E-state index in [1.165, 1.54) is 6.07 Å². The molecule has 0 aliphatic carbocycles. The van der Waals surface area contributed by atoms with Gasteiger partial charge in [0.2, 0.25) is 0 Å². The zero-order chi connectivity index (χ0) is 13.3. The SMILES string of the molecule is CC(C)n1c(CBr)nnc1-c1cccc(F)c1Br. The van der Waals surface area contributed by atoms with E-state index in [4.69, 9.17) is 0 Å². The van der Waals surface area contributed by atoms with E-state index in [1.807, 2.05) is 24.5 Å². The molecule has 0 spiro atoms. The Morgan fingerprint density at radius 2 is 2.06 bits per heavy atom. The molecule has 0 aliphatic rings. The van der Waals surface area contributed by atoms with Gasteiger partial charge in [-0.15, -0.1) is 10.2 Å². The smallest absolute Gasteiger partial charge is 0.165 e. The molecule has 96 valence electrons. The van der Waals surface area contributed by atoms with E-state index < -0.39 is 0 Å². The summed E-state index contributed by atoms with van der Waals surface area (Å²) in [5.74, 6) is 1.20. The summed E-state index contributed by atoms with van der Waals surface area (Å²) >= 11 is 6.65. The number of hydrogen-bond acceptors (Lipinski definition) is 2. The van der Waals surface area contributed by atoms with Crippen molar-refractivity contribution in [1.82, 2.24) is 14.8 Å². The molecule has 0 unspecified atom stereocenters. The van der Waals surface area contributed by atoms with E-state index in [0.29, 0.717) is 21.2 Å². The molecule has 1 aromatic heterocycles. The number of halogens is 3. The van der Waals surface area contributed by atoms with Gasteiger partial charge >= 0.3 is 0 Å². The normalized spacial score (nSPS) is 11.2. The number of rotatable bonds is 3. The first-order valence-corrected chi connectivity index (χ1v) is 7.41. The molecule has 0 aliphatic heterocycles. The van der Waals surface area contributed by atoms with Gasteiger partial charge in [0.25, 0.3) is 0 Å². The van der Waals surface area contributed by atoms with Gasteiger partial charge in [0, 0.05) is 11.6 Å². The Hall–Kier alpha value is -0.750. The van der Waals surface area contributed by atoms with Crippen molar-refractivity contribution in [3.05, 3.63) is 34.3 Å². The fraction of sp³-hybridized carbons (Fsp3) is 0.333. The summed E-state index contributed by atoms with van der Waals surface area (Å²) in [7, 11) is 0. The van der Waals surface area contributed by atoms with Crippen LogP contribution in [0, 0.1) is 5.82 Å². The van der Waals surface area contributed by atoms with Crippen LogP contribution in [0.4, 0.5) is 4.39 Å². The Morgan fingerprint density at radius 3 is 2.67 bits per heavy atom. The third-order valence-electron chi connectivity index (χ3n) is 2.59. The van der Waals surface area contributed by atoms with Gasteiger partial charge in [0.15, 0.2) is 5.82 Å². The van der Waals surface area contributed by atoms with Crippen LogP contribution in [0.15, 0.2) is 22.7 Å². The molecule has 2 rings (SSSR count). The van der Waals surface area contributed by atoms with Gasteiger partial charge in [0.1, 0.15) is 11.6 Å². The lowest BCUT2D eigenvalue weighted by atomic mass is 10.2. The maximum Gasteiger partial charge on any atom is 0.165 e. The monoisotopic (exact) mass is 375 g/mol. The van der Waals surface area contributed by atoms with Gasteiger partial charge in [-0.3, -0.25) is 0 Å². The van der Waals surface area contributed by atoms with E-state index in [2.05, 4.69) is 42.1 Å². The van der Waals surface area contributed by atoms with Crippen molar-refractivity contribution >= 4 is 31.9 Å². The van der Waals surface area contributed by atoms with Crippen LogP contribution >= 0.6 is 31.9 Å². The topological polar surface area (TPSA) is 30.7 Å². The molecule has 3 nitrogen and oxygen atoms in total. The zero-order valence-electron chi connectivity index (χ0n) is 9.99. The fourth-order valence-electron chi connectivity index (χ4n) is 1.82. The number of hydrogen-bond donors (Lipinski definition) is 0. The van der Waals surface area contributed by atoms with Crippen molar-refractivity contribution in [2.45, 2.75) is 25.2 Å². The minimum absolute atomic E-state index is 0.206. The molecule has 1 heterocycles. The van der Waals surface area contributed by atoms with Crippen molar-refractivity contribution < 1.29 is 4.39 Å². The van der Waals surface area contributed by atoms with Crippen LogP contribution in [-0.4, -0.2) is 14.8 Å². The molecule has 0 bridgehead atoms. The third-order valence-corrected chi connectivity index (χ3v) is 3.90. The molecule has 18 heavy (non-hydrogen) atoms. The first-order valence-electron chi connectivity index (χ1n) is 5.50. The average Bonchev–Trinajstić information content (AvgIpc) is 2.76. The standard InChI is InChI=1S/C12H12Br2FN3/c1-7(2)18-10(6-13)16-17-12(18)8-4-3-5-9(15)11(8)14/h3-5,7H,6H2,1-2H3. The van der Waals surface area contributed by atoms with Crippen molar-refractivity contribution in [1.29, 1.82) is 0 Å². The molecule has 0 N–H and O–H groups in total. The van der Waals surface area contributed by atoms with E-state index in [9.17, 15) is 4.39 Å². The molecule has 2 aromatic rings. The maximum absolute atomic E-state index is 13.6. The van der Waals surface area contributed by atoms with E-state index in [0.717, 1.165) is 5.82 Å². The van der Waals surface area contributed by atoms with Crippen molar-refractivity contribution in [3.63, 3.8) is 0 Å². The molecule has 0 radical (unpaired) electrons. The number of alkyl halides is 1. The van der Waals surface area contributed by atoms with Crippen molar-refractivity contribution in [3.8, 4) is 11.4 Å². The van der Waals surface area contributed by atoms with Crippen LogP contribution in [-0.2, 0) is 5.33 Å². The highest BCUT2D eigenvalue weighted by Crippen LogP contribution is 2.31. The van der Waals surface area contributed by atoms with Crippen LogP contribution in [0.1, 0.15) is 25.7 Å². The summed E-state index contributed by atoms with van der Waals surface area (Å²) in [5, 5.41) is 8.91. The largest absolute Gasteiger partial charge is 0.308 e. The second-order valence-electron chi connectivity index (χ2n) is 4.14. The third kappa shape index (κ3) is 2.36. The Labute approximate surface area is 122 Å².